The van der Waals surface area contributed by atoms with Crippen LogP contribution in [0.5, 0.6) is 0 Å². The number of carbonyl (C=O) groups excluding carboxylic acids is 1. The summed E-state index contributed by atoms with van der Waals surface area (Å²) in [5.41, 5.74) is 0. The zero-order valence-corrected chi connectivity index (χ0v) is 13.6. The number of nitrogens with zero attached hydrogens (tertiary/aromatic N) is 2. The van der Waals surface area contributed by atoms with Gasteiger partial charge in [-0.15, -0.1) is 0 Å². The Balaban J connectivity index is 2.01. The van der Waals surface area contributed by atoms with E-state index in [4.69, 9.17) is 0 Å². The Bertz CT molecular complexity index is 328. The molecule has 2 aliphatic heterocycles. The van der Waals surface area contributed by atoms with Gasteiger partial charge in [-0.1, -0.05) is 27.2 Å². The first kappa shape index (κ1) is 15.8. The van der Waals surface area contributed by atoms with E-state index in [1.165, 1.54) is 25.9 Å². The third kappa shape index (κ3) is 3.17. The zero-order chi connectivity index (χ0) is 14.7. The van der Waals surface area contributed by atoms with Crippen LogP contribution in [0.25, 0.3) is 0 Å². The van der Waals surface area contributed by atoms with Crippen LogP contribution in [0.1, 0.15) is 53.4 Å². The highest BCUT2D eigenvalue weighted by molar-refractivity contribution is 5.85. The average Bonchev–Trinajstić information content (AvgIpc) is 3.05. The standard InChI is InChI=1S/C16H31N3O/c1-5-12(3)15-16(20)19(14(6-2)17-15)13(4)11-18-9-7-8-10-18/h12-15,17H,5-11H2,1-4H3. The number of likely N-dealkylation sites (tertiary alicyclic amines) is 1. The molecule has 0 bridgehead atoms. The van der Waals surface area contributed by atoms with Gasteiger partial charge in [-0.05, 0) is 45.2 Å². The topological polar surface area (TPSA) is 35.6 Å². The van der Waals surface area contributed by atoms with Crippen LogP contribution in [-0.4, -0.2) is 53.6 Å². The lowest BCUT2D eigenvalue weighted by Crippen LogP contribution is -2.47. The molecule has 4 unspecified atom stereocenters. The lowest BCUT2D eigenvalue weighted by atomic mass is 9.99. The second-order valence-corrected chi connectivity index (χ2v) is 6.56. The minimum atomic E-state index is 0.0194. The smallest absolute Gasteiger partial charge is 0.241 e. The highest BCUT2D eigenvalue weighted by atomic mass is 16.2. The van der Waals surface area contributed by atoms with Crippen LogP contribution in [0.3, 0.4) is 0 Å². The first-order valence-electron chi connectivity index (χ1n) is 8.39. The molecular formula is C16H31N3O. The van der Waals surface area contributed by atoms with Gasteiger partial charge in [-0.2, -0.15) is 0 Å². The number of amides is 1. The maximum atomic E-state index is 12.7. The molecule has 20 heavy (non-hydrogen) atoms. The van der Waals surface area contributed by atoms with Gasteiger partial charge in [-0.25, -0.2) is 0 Å². The van der Waals surface area contributed by atoms with Crippen LogP contribution in [0.2, 0.25) is 0 Å². The second-order valence-electron chi connectivity index (χ2n) is 6.56. The Kier molecular flexibility index (Phi) is 5.44. The van der Waals surface area contributed by atoms with Crippen molar-refractivity contribution >= 4 is 5.91 Å². The van der Waals surface area contributed by atoms with Crippen LogP contribution >= 0.6 is 0 Å². The summed E-state index contributed by atoms with van der Waals surface area (Å²) in [6, 6.07) is 0.332. The molecule has 116 valence electrons. The van der Waals surface area contributed by atoms with Crippen molar-refractivity contribution in [3.05, 3.63) is 0 Å². The lowest BCUT2D eigenvalue weighted by Gasteiger charge is -2.32. The van der Waals surface area contributed by atoms with Gasteiger partial charge in [0.25, 0.3) is 0 Å². The SMILES string of the molecule is CCC(C)C1NC(CC)N(C(C)CN2CCCC2)C1=O. The fourth-order valence-corrected chi connectivity index (χ4v) is 3.58. The zero-order valence-electron chi connectivity index (χ0n) is 13.6. The number of hydrogen-bond acceptors (Lipinski definition) is 3. The van der Waals surface area contributed by atoms with Crippen molar-refractivity contribution in [2.45, 2.75) is 71.6 Å². The van der Waals surface area contributed by atoms with Gasteiger partial charge in [0.05, 0.1) is 12.2 Å². The maximum Gasteiger partial charge on any atom is 0.241 e. The van der Waals surface area contributed by atoms with E-state index >= 15 is 0 Å². The molecule has 4 nitrogen and oxygen atoms in total. The Hall–Kier alpha value is -0.610. The van der Waals surface area contributed by atoms with E-state index in [2.05, 4.69) is 42.8 Å². The second kappa shape index (κ2) is 6.90. The number of nitrogens with one attached hydrogen (secondary N) is 1. The van der Waals surface area contributed by atoms with Gasteiger partial charge in [-0.3, -0.25) is 10.1 Å². The Morgan fingerprint density at radius 3 is 2.45 bits per heavy atom. The van der Waals surface area contributed by atoms with Crippen molar-refractivity contribution in [1.82, 2.24) is 15.1 Å². The van der Waals surface area contributed by atoms with E-state index in [1.54, 1.807) is 0 Å². The predicted octanol–water partition coefficient (Wildman–Crippen LogP) is 2.05. The number of carbonyl (C=O) groups is 1. The first-order chi connectivity index (χ1) is 9.58. The molecule has 0 aromatic carbocycles. The van der Waals surface area contributed by atoms with Crippen molar-refractivity contribution < 1.29 is 4.79 Å². The molecule has 0 spiro atoms. The van der Waals surface area contributed by atoms with Gasteiger partial charge in [0.2, 0.25) is 5.91 Å². The number of hydrogen-bond donors (Lipinski definition) is 1. The summed E-state index contributed by atoms with van der Waals surface area (Å²) < 4.78 is 0. The van der Waals surface area contributed by atoms with Crippen LogP contribution in [0, 0.1) is 5.92 Å². The molecule has 4 heteroatoms. The molecule has 1 amide bonds. The molecule has 1 N–H and O–H groups in total. The molecular weight excluding hydrogens is 250 g/mol. The predicted molar refractivity (Wildman–Crippen MR) is 82.4 cm³/mol. The molecule has 2 heterocycles. The summed E-state index contributed by atoms with van der Waals surface area (Å²) in [5.74, 6) is 0.735. The third-order valence-electron chi connectivity index (χ3n) is 5.02. The summed E-state index contributed by atoms with van der Waals surface area (Å²) in [6.45, 7) is 12.1. The summed E-state index contributed by atoms with van der Waals surface area (Å²) in [5, 5.41) is 3.55. The number of rotatable bonds is 6. The molecule has 2 aliphatic rings. The van der Waals surface area contributed by atoms with Crippen LogP contribution in [-0.2, 0) is 4.79 Å². The lowest BCUT2D eigenvalue weighted by molar-refractivity contribution is -0.133. The van der Waals surface area contributed by atoms with Crippen LogP contribution in [0.4, 0.5) is 0 Å². The molecule has 0 radical (unpaired) electrons. The fraction of sp³-hybridized carbons (Fsp3) is 0.938. The Labute approximate surface area is 123 Å². The average molecular weight is 281 g/mol. The van der Waals surface area contributed by atoms with E-state index in [-0.39, 0.29) is 12.2 Å². The largest absolute Gasteiger partial charge is 0.322 e. The summed E-state index contributed by atoms with van der Waals surface area (Å²) in [4.78, 5) is 17.4. The van der Waals surface area contributed by atoms with Gasteiger partial charge in [0.1, 0.15) is 0 Å². The Morgan fingerprint density at radius 2 is 1.90 bits per heavy atom. The van der Waals surface area contributed by atoms with Gasteiger partial charge in [0, 0.05) is 12.6 Å². The first-order valence-corrected chi connectivity index (χ1v) is 8.39. The van der Waals surface area contributed by atoms with Crippen LogP contribution in [0.15, 0.2) is 0 Å². The monoisotopic (exact) mass is 281 g/mol. The van der Waals surface area contributed by atoms with E-state index in [1.807, 2.05) is 0 Å². The summed E-state index contributed by atoms with van der Waals surface area (Å²) in [7, 11) is 0. The normalized spacial score (nSPS) is 31.0. The van der Waals surface area contributed by atoms with Gasteiger partial charge >= 0.3 is 0 Å². The van der Waals surface area contributed by atoms with Crippen molar-refractivity contribution in [3.63, 3.8) is 0 Å². The van der Waals surface area contributed by atoms with E-state index < -0.39 is 0 Å². The van der Waals surface area contributed by atoms with Crippen molar-refractivity contribution in [3.8, 4) is 0 Å². The van der Waals surface area contributed by atoms with Crippen LogP contribution < -0.4 is 5.32 Å². The highest BCUT2D eigenvalue weighted by Crippen LogP contribution is 2.24. The highest BCUT2D eigenvalue weighted by Gasteiger charge is 2.42. The molecule has 2 rings (SSSR count). The maximum absolute atomic E-state index is 12.7. The van der Waals surface area contributed by atoms with E-state index in [0.29, 0.717) is 17.9 Å². The minimum absolute atomic E-state index is 0.0194. The van der Waals surface area contributed by atoms with Gasteiger partial charge < -0.3 is 9.80 Å². The molecule has 0 aliphatic carbocycles. The third-order valence-corrected chi connectivity index (χ3v) is 5.02. The summed E-state index contributed by atoms with van der Waals surface area (Å²) in [6.07, 6.45) is 4.88. The molecule has 0 saturated carbocycles. The molecule has 2 saturated heterocycles. The summed E-state index contributed by atoms with van der Waals surface area (Å²) >= 11 is 0. The van der Waals surface area contributed by atoms with Gasteiger partial charge in [0.15, 0.2) is 0 Å². The Morgan fingerprint density at radius 1 is 1.25 bits per heavy atom. The van der Waals surface area contributed by atoms with Crippen molar-refractivity contribution in [2.24, 2.45) is 5.92 Å². The van der Waals surface area contributed by atoms with Crippen molar-refractivity contribution in [2.75, 3.05) is 19.6 Å². The van der Waals surface area contributed by atoms with E-state index in [0.717, 1.165) is 19.4 Å². The minimum Gasteiger partial charge on any atom is -0.322 e. The van der Waals surface area contributed by atoms with Crippen molar-refractivity contribution in [1.29, 1.82) is 0 Å². The fourth-order valence-electron chi connectivity index (χ4n) is 3.58. The van der Waals surface area contributed by atoms with E-state index in [9.17, 15) is 4.79 Å². The molecule has 4 atom stereocenters. The molecule has 0 aromatic heterocycles. The molecule has 2 fully saturated rings. The molecule has 0 aromatic rings. The quantitative estimate of drug-likeness (QED) is 0.809.